The molecule has 0 radical (unpaired) electrons. The van der Waals surface area contributed by atoms with Crippen LogP contribution in [0.15, 0.2) is 54.6 Å². The van der Waals surface area contributed by atoms with Gasteiger partial charge in [0.05, 0.1) is 4.92 Å². The average Bonchev–Trinajstić information content (AvgIpc) is 2.91. The molecule has 0 unspecified atom stereocenters. The molecule has 0 aliphatic heterocycles. The third kappa shape index (κ3) is 4.20. The van der Waals surface area contributed by atoms with E-state index in [1.165, 1.54) is 4.68 Å². The molecule has 7 nitrogen and oxygen atoms in total. The fourth-order valence-corrected chi connectivity index (χ4v) is 3.04. The maximum Gasteiger partial charge on any atom is 0.312 e. The van der Waals surface area contributed by atoms with Crippen LogP contribution < -0.4 is 5.32 Å². The Morgan fingerprint density at radius 3 is 2.44 bits per heavy atom. The third-order valence-corrected chi connectivity index (χ3v) is 4.35. The molecule has 2 aromatic carbocycles. The first-order chi connectivity index (χ1) is 13.0. The van der Waals surface area contributed by atoms with Gasteiger partial charge in [-0.1, -0.05) is 48.5 Å². The summed E-state index contributed by atoms with van der Waals surface area (Å²) in [7, 11) is 0. The molecule has 0 aliphatic carbocycles. The van der Waals surface area contributed by atoms with Crippen molar-refractivity contribution in [1.29, 1.82) is 0 Å². The molecule has 0 aliphatic rings. The van der Waals surface area contributed by atoms with Gasteiger partial charge in [0.1, 0.15) is 17.9 Å². The molecule has 3 rings (SSSR count). The van der Waals surface area contributed by atoms with Gasteiger partial charge in [-0.3, -0.25) is 19.6 Å². The number of anilines is 1. The number of carbonyl (C=O) groups excluding carboxylic acids is 1. The summed E-state index contributed by atoms with van der Waals surface area (Å²) < 4.78 is 1.36. The normalized spacial score (nSPS) is 10.6. The van der Waals surface area contributed by atoms with Crippen LogP contribution in [0, 0.1) is 24.0 Å². The summed E-state index contributed by atoms with van der Waals surface area (Å²) in [5.74, 6) is -0.281. The number of hydrogen-bond donors (Lipinski definition) is 1. The number of aryl methyl sites for hydroxylation is 1. The Labute approximate surface area is 156 Å². The van der Waals surface area contributed by atoms with Crippen molar-refractivity contribution < 1.29 is 9.72 Å². The fourth-order valence-electron chi connectivity index (χ4n) is 3.04. The van der Waals surface area contributed by atoms with E-state index in [0.717, 1.165) is 16.8 Å². The Kier molecular flexibility index (Phi) is 5.30. The van der Waals surface area contributed by atoms with Gasteiger partial charge in [0, 0.05) is 5.69 Å². The molecule has 1 heterocycles. The quantitative estimate of drug-likeness (QED) is 0.534. The van der Waals surface area contributed by atoms with E-state index >= 15 is 0 Å². The SMILES string of the molecule is Cc1nn(CC(=O)Nc2ccccc2Cc2ccccc2)c(C)c1[N+](=O)[O-]. The van der Waals surface area contributed by atoms with Gasteiger partial charge < -0.3 is 5.32 Å². The highest BCUT2D eigenvalue weighted by Gasteiger charge is 2.22. The van der Waals surface area contributed by atoms with E-state index in [1.807, 2.05) is 54.6 Å². The molecular weight excluding hydrogens is 344 g/mol. The van der Waals surface area contributed by atoms with Crippen LogP contribution in [0.2, 0.25) is 0 Å². The number of nitrogens with one attached hydrogen (secondary N) is 1. The van der Waals surface area contributed by atoms with Gasteiger partial charge in [0.25, 0.3) is 0 Å². The second-order valence-corrected chi connectivity index (χ2v) is 6.30. The molecule has 3 aromatic rings. The van der Waals surface area contributed by atoms with E-state index < -0.39 is 4.92 Å². The molecule has 1 amide bonds. The molecule has 0 fully saturated rings. The van der Waals surface area contributed by atoms with Crippen molar-refractivity contribution >= 4 is 17.3 Å². The monoisotopic (exact) mass is 364 g/mol. The first-order valence-electron chi connectivity index (χ1n) is 8.56. The zero-order valence-corrected chi connectivity index (χ0v) is 15.2. The second kappa shape index (κ2) is 7.82. The lowest BCUT2D eigenvalue weighted by atomic mass is 10.0. The van der Waals surface area contributed by atoms with Crippen molar-refractivity contribution in [3.63, 3.8) is 0 Å². The van der Waals surface area contributed by atoms with Gasteiger partial charge in [-0.05, 0) is 37.5 Å². The van der Waals surface area contributed by atoms with Crippen LogP contribution in [0.3, 0.4) is 0 Å². The van der Waals surface area contributed by atoms with Crippen molar-refractivity contribution in [3.05, 3.63) is 87.2 Å². The number of amides is 1. The van der Waals surface area contributed by atoms with Gasteiger partial charge in [0.2, 0.25) is 5.91 Å². The minimum absolute atomic E-state index is 0.0488. The van der Waals surface area contributed by atoms with Crippen LogP contribution in [0.25, 0.3) is 0 Å². The molecule has 0 saturated heterocycles. The van der Waals surface area contributed by atoms with Gasteiger partial charge in [-0.25, -0.2) is 0 Å². The summed E-state index contributed by atoms with van der Waals surface area (Å²) in [6.07, 6.45) is 0.697. The molecule has 0 saturated carbocycles. The minimum Gasteiger partial charge on any atom is -0.324 e. The lowest BCUT2D eigenvalue weighted by molar-refractivity contribution is -0.386. The summed E-state index contributed by atoms with van der Waals surface area (Å²) in [5.41, 5.74) is 3.49. The Morgan fingerprint density at radius 1 is 1.11 bits per heavy atom. The van der Waals surface area contributed by atoms with Gasteiger partial charge in [-0.15, -0.1) is 0 Å². The Morgan fingerprint density at radius 2 is 1.78 bits per heavy atom. The summed E-state index contributed by atoms with van der Waals surface area (Å²) >= 11 is 0. The fraction of sp³-hybridized carbons (Fsp3) is 0.200. The third-order valence-electron chi connectivity index (χ3n) is 4.35. The van der Waals surface area contributed by atoms with Gasteiger partial charge in [-0.2, -0.15) is 5.10 Å². The van der Waals surface area contributed by atoms with Crippen molar-refractivity contribution in [2.45, 2.75) is 26.8 Å². The average molecular weight is 364 g/mol. The Balaban J connectivity index is 1.76. The first kappa shape index (κ1) is 18.3. The van der Waals surface area contributed by atoms with Crippen molar-refractivity contribution in [2.24, 2.45) is 0 Å². The number of benzene rings is 2. The summed E-state index contributed by atoms with van der Waals surface area (Å²) in [6, 6.07) is 17.6. The lowest BCUT2D eigenvalue weighted by Crippen LogP contribution is -2.21. The summed E-state index contributed by atoms with van der Waals surface area (Å²) in [5, 5.41) is 18.1. The maximum absolute atomic E-state index is 12.5. The largest absolute Gasteiger partial charge is 0.324 e. The number of hydrogen-bond acceptors (Lipinski definition) is 4. The van der Waals surface area contributed by atoms with E-state index in [-0.39, 0.29) is 18.1 Å². The van der Waals surface area contributed by atoms with Crippen LogP contribution >= 0.6 is 0 Å². The smallest absolute Gasteiger partial charge is 0.312 e. The van der Waals surface area contributed by atoms with Crippen LogP contribution in [-0.4, -0.2) is 20.6 Å². The van der Waals surface area contributed by atoms with Crippen molar-refractivity contribution in [2.75, 3.05) is 5.32 Å². The highest BCUT2D eigenvalue weighted by Crippen LogP contribution is 2.22. The predicted molar refractivity (Wildman–Crippen MR) is 103 cm³/mol. The van der Waals surface area contributed by atoms with Crippen LogP contribution in [0.1, 0.15) is 22.5 Å². The maximum atomic E-state index is 12.5. The predicted octanol–water partition coefficient (Wildman–Crippen LogP) is 3.64. The standard InChI is InChI=1S/C20H20N4O3/c1-14-20(24(26)27)15(2)23(22-14)13-19(25)21-18-11-7-6-10-17(18)12-16-8-4-3-5-9-16/h3-11H,12-13H2,1-2H3,(H,21,25). The summed E-state index contributed by atoms with van der Waals surface area (Å²) in [6.45, 7) is 3.07. The van der Waals surface area contributed by atoms with Crippen LogP contribution in [0.5, 0.6) is 0 Å². The van der Waals surface area contributed by atoms with E-state index in [4.69, 9.17) is 0 Å². The molecule has 7 heteroatoms. The van der Waals surface area contributed by atoms with Crippen molar-refractivity contribution in [3.8, 4) is 0 Å². The number of carbonyl (C=O) groups is 1. The van der Waals surface area contributed by atoms with Gasteiger partial charge >= 0.3 is 5.69 Å². The Bertz CT molecular complexity index is 980. The topological polar surface area (TPSA) is 90.1 Å². The lowest BCUT2D eigenvalue weighted by Gasteiger charge is -2.12. The number of nitrogens with zero attached hydrogens (tertiary/aromatic N) is 3. The highest BCUT2D eigenvalue weighted by molar-refractivity contribution is 5.91. The van der Waals surface area contributed by atoms with E-state index in [0.29, 0.717) is 17.8 Å². The molecular formula is C20H20N4O3. The molecule has 1 aromatic heterocycles. The van der Waals surface area contributed by atoms with E-state index in [9.17, 15) is 14.9 Å². The molecule has 0 spiro atoms. The van der Waals surface area contributed by atoms with Crippen molar-refractivity contribution in [1.82, 2.24) is 9.78 Å². The van der Waals surface area contributed by atoms with Crippen LogP contribution in [-0.2, 0) is 17.8 Å². The molecule has 0 bridgehead atoms. The summed E-state index contributed by atoms with van der Waals surface area (Å²) in [4.78, 5) is 23.1. The molecule has 0 atom stereocenters. The van der Waals surface area contributed by atoms with Crippen LogP contribution in [0.4, 0.5) is 11.4 Å². The number of nitro groups is 1. The number of aromatic nitrogens is 2. The zero-order valence-electron chi connectivity index (χ0n) is 15.2. The minimum atomic E-state index is -0.471. The first-order valence-corrected chi connectivity index (χ1v) is 8.56. The van der Waals surface area contributed by atoms with Gasteiger partial charge in [0.15, 0.2) is 0 Å². The number of rotatable bonds is 6. The zero-order chi connectivity index (χ0) is 19.4. The highest BCUT2D eigenvalue weighted by atomic mass is 16.6. The van der Waals surface area contributed by atoms with E-state index in [1.54, 1.807) is 13.8 Å². The van der Waals surface area contributed by atoms with E-state index in [2.05, 4.69) is 10.4 Å². The molecule has 138 valence electrons. The second-order valence-electron chi connectivity index (χ2n) is 6.30. The number of para-hydroxylation sites is 1. The molecule has 27 heavy (non-hydrogen) atoms. The Hall–Kier alpha value is -3.48. The molecule has 1 N–H and O–H groups in total.